The van der Waals surface area contributed by atoms with Crippen LogP contribution in [0.25, 0.3) is 0 Å². The van der Waals surface area contributed by atoms with Gasteiger partial charge in [-0.3, -0.25) is 4.79 Å². The minimum absolute atomic E-state index is 0.0356. The van der Waals surface area contributed by atoms with Crippen LogP contribution in [0.15, 0.2) is 91.0 Å². The Kier molecular flexibility index (Phi) is 9.87. The maximum atomic E-state index is 14.5. The van der Waals surface area contributed by atoms with Crippen LogP contribution < -0.4 is 21.2 Å². The first-order valence-corrected chi connectivity index (χ1v) is 14.2. The minimum Gasteiger partial charge on any atom is -0.462 e. The van der Waals surface area contributed by atoms with Gasteiger partial charge < -0.3 is 14.8 Å². The Morgan fingerprint density at radius 2 is 1.11 bits per heavy atom. The van der Waals surface area contributed by atoms with Crippen molar-refractivity contribution < 1.29 is 23.9 Å². The SMILES string of the molecule is CCOC(=O)N[C@H](C(=O)C(C(=O)OCC)=P(c1ccccc1)(c1ccccc1)c1ccccc1)C(C)C. The molecule has 3 rings (SSSR count). The molecule has 0 saturated heterocycles. The average Bonchev–Trinajstić information content (AvgIpc) is 2.91. The number of esters is 1. The van der Waals surface area contributed by atoms with E-state index in [1.54, 1.807) is 13.8 Å². The molecule has 37 heavy (non-hydrogen) atoms. The molecule has 0 fully saturated rings. The molecule has 0 spiro atoms. The molecule has 0 aliphatic carbocycles. The van der Waals surface area contributed by atoms with E-state index in [4.69, 9.17) is 9.47 Å². The lowest BCUT2D eigenvalue weighted by Gasteiger charge is -2.33. The standard InChI is InChI=1S/C30H34NO5P/c1-5-35-29(33)28(27(32)26(22(3)4)31-30(34)36-6-2)37(23-16-10-7-11-17-23,24-18-12-8-13-19-24)25-20-14-9-15-21-25/h7-22,26H,5-6H2,1-4H3,(H,31,34)/t26-/m0/s1. The number of benzene rings is 3. The van der Waals surface area contributed by atoms with Crippen molar-refractivity contribution in [2.75, 3.05) is 13.2 Å². The molecule has 0 heterocycles. The van der Waals surface area contributed by atoms with Crippen molar-refractivity contribution >= 4 is 45.9 Å². The molecule has 0 aliphatic heterocycles. The zero-order valence-corrected chi connectivity index (χ0v) is 22.6. The third-order valence-electron chi connectivity index (χ3n) is 5.97. The summed E-state index contributed by atoms with van der Waals surface area (Å²) in [5.41, 5.74) is 0. The molecule has 0 unspecified atom stereocenters. The fourth-order valence-corrected chi connectivity index (χ4v) is 8.71. The summed E-state index contributed by atoms with van der Waals surface area (Å²) in [5, 5.41) is 5.24. The van der Waals surface area contributed by atoms with Crippen molar-refractivity contribution in [3.8, 4) is 0 Å². The predicted molar refractivity (Wildman–Crippen MR) is 151 cm³/mol. The van der Waals surface area contributed by atoms with Gasteiger partial charge in [0, 0.05) is 0 Å². The van der Waals surface area contributed by atoms with Crippen LogP contribution in [0.2, 0.25) is 0 Å². The molecule has 0 radical (unpaired) electrons. The first-order chi connectivity index (χ1) is 17.9. The third-order valence-corrected chi connectivity index (χ3v) is 10.3. The number of alkyl carbamates (subject to hydrolysis) is 1. The number of Topliss-reactive ketones (excluding diaryl/α,β-unsaturated/α-hetero) is 1. The summed E-state index contributed by atoms with van der Waals surface area (Å²) in [6.07, 6.45) is -0.708. The van der Waals surface area contributed by atoms with E-state index in [0.29, 0.717) is 0 Å². The zero-order valence-electron chi connectivity index (χ0n) is 21.7. The van der Waals surface area contributed by atoms with E-state index in [0.717, 1.165) is 15.9 Å². The van der Waals surface area contributed by atoms with E-state index >= 15 is 0 Å². The number of carbonyl (C=O) groups is 3. The molecule has 0 aliphatic rings. The van der Waals surface area contributed by atoms with Crippen molar-refractivity contribution in [2.45, 2.75) is 33.7 Å². The van der Waals surface area contributed by atoms with Crippen LogP contribution in [0.3, 0.4) is 0 Å². The molecule has 0 bridgehead atoms. The van der Waals surface area contributed by atoms with Gasteiger partial charge in [-0.05, 0) is 42.6 Å². The quantitative estimate of drug-likeness (QED) is 0.248. The molecule has 0 saturated carbocycles. The Morgan fingerprint density at radius 1 is 0.703 bits per heavy atom. The van der Waals surface area contributed by atoms with E-state index in [1.165, 1.54) is 0 Å². The van der Waals surface area contributed by atoms with E-state index < -0.39 is 30.8 Å². The first-order valence-electron chi connectivity index (χ1n) is 12.5. The van der Waals surface area contributed by atoms with Gasteiger partial charge in [0.25, 0.3) is 0 Å². The molecule has 3 aromatic carbocycles. The van der Waals surface area contributed by atoms with E-state index in [1.807, 2.05) is 105 Å². The summed E-state index contributed by atoms with van der Waals surface area (Å²) >= 11 is 0. The van der Waals surface area contributed by atoms with Gasteiger partial charge in [-0.2, -0.15) is 0 Å². The second-order valence-electron chi connectivity index (χ2n) is 8.70. The largest absolute Gasteiger partial charge is 0.462 e. The summed E-state index contributed by atoms with van der Waals surface area (Å²) in [6, 6.07) is 27.8. The summed E-state index contributed by atoms with van der Waals surface area (Å²) in [5.74, 6) is -1.48. The molecule has 0 aromatic heterocycles. The number of rotatable bonds is 10. The maximum Gasteiger partial charge on any atom is 0.407 e. The third kappa shape index (κ3) is 6.03. The molecular formula is C30H34NO5P. The molecule has 194 valence electrons. The van der Waals surface area contributed by atoms with Gasteiger partial charge in [0.2, 0.25) is 0 Å². The van der Waals surface area contributed by atoms with Gasteiger partial charge in [0.05, 0.1) is 19.3 Å². The van der Waals surface area contributed by atoms with Crippen molar-refractivity contribution in [3.05, 3.63) is 91.0 Å². The second kappa shape index (κ2) is 13.1. The van der Waals surface area contributed by atoms with E-state index in [-0.39, 0.29) is 24.4 Å². The highest BCUT2D eigenvalue weighted by atomic mass is 31.2. The van der Waals surface area contributed by atoms with Crippen LogP contribution in [-0.2, 0) is 19.1 Å². The summed E-state index contributed by atoms with van der Waals surface area (Å²) in [7, 11) is 0. The fourth-order valence-electron chi connectivity index (χ4n) is 4.37. The van der Waals surface area contributed by atoms with Crippen LogP contribution in [0, 0.1) is 5.92 Å². The topological polar surface area (TPSA) is 81.7 Å². The molecule has 1 amide bonds. The van der Waals surface area contributed by atoms with Gasteiger partial charge in [0.1, 0.15) is 5.29 Å². The van der Waals surface area contributed by atoms with Gasteiger partial charge in [-0.15, -0.1) is 0 Å². The molecule has 3 aromatic rings. The van der Waals surface area contributed by atoms with Crippen LogP contribution in [0.4, 0.5) is 4.79 Å². The fraction of sp³-hybridized carbons (Fsp3) is 0.267. The zero-order chi connectivity index (χ0) is 26.8. The minimum atomic E-state index is -3.06. The predicted octanol–water partition coefficient (Wildman–Crippen LogP) is 4.06. The highest BCUT2D eigenvalue weighted by molar-refractivity contribution is 7.97. The van der Waals surface area contributed by atoms with Crippen molar-refractivity contribution in [3.63, 3.8) is 0 Å². The number of hydrogen-bond donors (Lipinski definition) is 1. The average molecular weight is 520 g/mol. The monoisotopic (exact) mass is 519 g/mol. The first kappa shape index (κ1) is 27.9. The lowest BCUT2D eigenvalue weighted by atomic mass is 9.98. The summed E-state index contributed by atoms with van der Waals surface area (Å²) in [6.45, 7) is 4.26. The number of ether oxygens (including phenoxy) is 2. The number of nitrogens with one attached hydrogen (secondary N) is 1. The van der Waals surface area contributed by atoms with Crippen molar-refractivity contribution in [1.29, 1.82) is 0 Å². The number of amides is 1. The number of carbonyl (C=O) groups excluding carboxylic acids is 3. The number of ketones is 1. The Bertz CT molecular complexity index is 1150. The highest BCUT2D eigenvalue weighted by Crippen LogP contribution is 2.47. The lowest BCUT2D eigenvalue weighted by molar-refractivity contribution is -0.135. The van der Waals surface area contributed by atoms with Crippen LogP contribution in [-0.4, -0.2) is 42.4 Å². The van der Waals surface area contributed by atoms with Crippen LogP contribution in [0.1, 0.15) is 27.7 Å². The Hall–Kier alpha value is -3.63. The van der Waals surface area contributed by atoms with Gasteiger partial charge in [-0.1, -0.05) is 105 Å². The number of hydrogen-bond acceptors (Lipinski definition) is 5. The van der Waals surface area contributed by atoms with Crippen molar-refractivity contribution in [1.82, 2.24) is 5.32 Å². The molecule has 1 N–H and O–H groups in total. The molecular weight excluding hydrogens is 485 g/mol. The maximum absolute atomic E-state index is 14.5. The highest BCUT2D eigenvalue weighted by Gasteiger charge is 2.41. The van der Waals surface area contributed by atoms with Crippen LogP contribution >= 0.6 is 6.89 Å². The summed E-state index contributed by atoms with van der Waals surface area (Å²) < 4.78 is 10.6. The Labute approximate surface area is 219 Å². The Morgan fingerprint density at radius 3 is 1.46 bits per heavy atom. The summed E-state index contributed by atoms with van der Waals surface area (Å²) in [4.78, 5) is 40.9. The Balaban J connectivity index is 2.54. The van der Waals surface area contributed by atoms with Gasteiger partial charge in [0.15, 0.2) is 5.78 Å². The van der Waals surface area contributed by atoms with Crippen molar-refractivity contribution in [2.24, 2.45) is 5.92 Å². The second-order valence-corrected chi connectivity index (χ2v) is 12.0. The smallest absolute Gasteiger partial charge is 0.407 e. The van der Waals surface area contributed by atoms with Gasteiger partial charge in [-0.25, -0.2) is 9.59 Å². The molecule has 7 heteroatoms. The lowest BCUT2D eigenvalue weighted by Crippen LogP contribution is -2.51. The van der Waals surface area contributed by atoms with Gasteiger partial charge >= 0.3 is 12.1 Å². The molecule has 1 atom stereocenters. The van der Waals surface area contributed by atoms with Crippen LogP contribution in [0.5, 0.6) is 0 Å². The molecule has 6 nitrogen and oxygen atoms in total. The van der Waals surface area contributed by atoms with E-state index in [2.05, 4.69) is 5.32 Å². The van der Waals surface area contributed by atoms with E-state index in [9.17, 15) is 14.4 Å². The normalized spacial score (nSPS) is 11.9.